The number of hydrogen-bond acceptors (Lipinski definition) is 3. The number of hydrogen-bond donors (Lipinski definition) is 1. The van der Waals surface area contributed by atoms with Gasteiger partial charge in [-0.1, -0.05) is 20.8 Å². The van der Waals surface area contributed by atoms with Crippen LogP contribution in [0.15, 0.2) is 0 Å². The second-order valence-corrected chi connectivity index (χ2v) is 7.07. The first-order valence-corrected chi connectivity index (χ1v) is 8.65. The van der Waals surface area contributed by atoms with Gasteiger partial charge in [-0.05, 0) is 45.7 Å². The van der Waals surface area contributed by atoms with E-state index in [1.807, 2.05) is 6.92 Å². The Labute approximate surface area is 129 Å². The molecule has 1 saturated carbocycles. The first-order chi connectivity index (χ1) is 10.0. The Bertz CT molecular complexity index is 351. The zero-order valence-electron chi connectivity index (χ0n) is 14.2. The molecular weight excluding hydrogens is 264 g/mol. The van der Waals surface area contributed by atoms with Crippen LogP contribution in [0.25, 0.3) is 0 Å². The van der Waals surface area contributed by atoms with Crippen molar-refractivity contribution in [2.75, 3.05) is 26.2 Å². The third-order valence-corrected chi connectivity index (χ3v) is 5.31. The van der Waals surface area contributed by atoms with Crippen LogP contribution in [0, 0.1) is 11.3 Å². The van der Waals surface area contributed by atoms with Crippen LogP contribution < -0.4 is 5.32 Å². The monoisotopic (exact) mass is 296 g/mol. The van der Waals surface area contributed by atoms with Crippen molar-refractivity contribution in [2.45, 2.75) is 65.5 Å². The lowest BCUT2D eigenvalue weighted by Crippen LogP contribution is -2.64. The van der Waals surface area contributed by atoms with E-state index in [2.05, 4.69) is 31.0 Å². The van der Waals surface area contributed by atoms with Gasteiger partial charge in [0.05, 0.1) is 6.10 Å². The van der Waals surface area contributed by atoms with Crippen molar-refractivity contribution in [3.05, 3.63) is 0 Å². The van der Waals surface area contributed by atoms with Crippen LogP contribution in [0.5, 0.6) is 0 Å². The van der Waals surface area contributed by atoms with E-state index >= 15 is 0 Å². The molecule has 2 fully saturated rings. The minimum atomic E-state index is 0.0771. The largest absolute Gasteiger partial charge is 0.378 e. The second kappa shape index (κ2) is 7.10. The zero-order chi connectivity index (χ0) is 15.5. The van der Waals surface area contributed by atoms with E-state index < -0.39 is 0 Å². The van der Waals surface area contributed by atoms with Crippen LogP contribution in [0.3, 0.4) is 0 Å². The smallest absolute Gasteiger partial charge is 0.226 e. The quantitative estimate of drug-likeness (QED) is 0.818. The molecule has 2 unspecified atom stereocenters. The lowest BCUT2D eigenvalue weighted by molar-refractivity contribution is -0.170. The van der Waals surface area contributed by atoms with E-state index in [4.69, 9.17) is 4.74 Å². The van der Waals surface area contributed by atoms with Crippen LogP contribution >= 0.6 is 0 Å². The van der Waals surface area contributed by atoms with Gasteiger partial charge in [0, 0.05) is 30.5 Å². The Kier molecular flexibility index (Phi) is 5.67. The van der Waals surface area contributed by atoms with Crippen LogP contribution in [0.2, 0.25) is 0 Å². The molecule has 1 heterocycles. The molecule has 1 aliphatic heterocycles. The third-order valence-electron chi connectivity index (χ3n) is 5.31. The highest BCUT2D eigenvalue weighted by Gasteiger charge is 2.52. The lowest BCUT2D eigenvalue weighted by atomic mass is 9.63. The van der Waals surface area contributed by atoms with E-state index in [0.29, 0.717) is 18.1 Å². The van der Waals surface area contributed by atoms with E-state index in [1.54, 1.807) is 0 Å². The number of nitrogens with zero attached hydrogens (tertiary/aromatic N) is 1. The molecule has 1 aliphatic carbocycles. The minimum Gasteiger partial charge on any atom is -0.378 e. The van der Waals surface area contributed by atoms with Crippen molar-refractivity contribution in [1.82, 2.24) is 10.2 Å². The van der Waals surface area contributed by atoms with Crippen molar-refractivity contribution >= 4 is 5.91 Å². The summed E-state index contributed by atoms with van der Waals surface area (Å²) in [6.45, 7) is 12.3. The van der Waals surface area contributed by atoms with Gasteiger partial charge >= 0.3 is 0 Å². The molecule has 122 valence electrons. The lowest BCUT2D eigenvalue weighted by Gasteiger charge is -2.56. The Morgan fingerprint density at radius 3 is 2.48 bits per heavy atom. The molecule has 21 heavy (non-hydrogen) atoms. The van der Waals surface area contributed by atoms with Crippen LogP contribution in [-0.2, 0) is 9.53 Å². The highest BCUT2D eigenvalue weighted by Crippen LogP contribution is 2.46. The average molecular weight is 296 g/mol. The Hall–Kier alpha value is -0.610. The summed E-state index contributed by atoms with van der Waals surface area (Å²) in [5.41, 5.74) is 0.0771. The van der Waals surface area contributed by atoms with Gasteiger partial charge in [-0.3, -0.25) is 4.79 Å². The standard InChI is InChI=1S/C17H32N2O2/c1-5-11-19(16(20)13-7-9-18-10-8-13)14-12-15(21-6-2)17(14,3)4/h13-15,18H,5-12H2,1-4H3. The summed E-state index contributed by atoms with van der Waals surface area (Å²) in [7, 11) is 0. The maximum Gasteiger partial charge on any atom is 0.226 e. The van der Waals surface area contributed by atoms with Gasteiger partial charge in [0.2, 0.25) is 5.91 Å². The molecule has 1 saturated heterocycles. The van der Waals surface area contributed by atoms with Crippen LogP contribution in [-0.4, -0.2) is 49.2 Å². The van der Waals surface area contributed by atoms with Gasteiger partial charge in [0.15, 0.2) is 0 Å². The molecule has 2 aliphatic rings. The highest BCUT2D eigenvalue weighted by atomic mass is 16.5. The van der Waals surface area contributed by atoms with E-state index in [-0.39, 0.29) is 11.3 Å². The van der Waals surface area contributed by atoms with E-state index in [9.17, 15) is 4.79 Å². The third kappa shape index (κ3) is 3.42. The fourth-order valence-corrected chi connectivity index (χ4v) is 3.84. The summed E-state index contributed by atoms with van der Waals surface area (Å²) in [5.74, 6) is 0.603. The normalized spacial score (nSPS) is 29.0. The minimum absolute atomic E-state index is 0.0771. The summed E-state index contributed by atoms with van der Waals surface area (Å²) < 4.78 is 5.83. The Balaban J connectivity index is 2.03. The van der Waals surface area contributed by atoms with Crippen molar-refractivity contribution in [1.29, 1.82) is 0 Å². The molecule has 0 aromatic carbocycles. The second-order valence-electron chi connectivity index (χ2n) is 7.07. The summed E-state index contributed by atoms with van der Waals surface area (Å²) in [5, 5.41) is 3.35. The van der Waals surface area contributed by atoms with Gasteiger partial charge in [-0.15, -0.1) is 0 Å². The van der Waals surface area contributed by atoms with E-state index in [0.717, 1.165) is 51.9 Å². The van der Waals surface area contributed by atoms with Gasteiger partial charge < -0.3 is 15.0 Å². The van der Waals surface area contributed by atoms with Crippen molar-refractivity contribution in [3.8, 4) is 0 Å². The number of amides is 1. The number of piperidine rings is 1. The van der Waals surface area contributed by atoms with Crippen LogP contribution in [0.4, 0.5) is 0 Å². The molecule has 1 amide bonds. The van der Waals surface area contributed by atoms with Gasteiger partial charge in [0.25, 0.3) is 0 Å². The van der Waals surface area contributed by atoms with Crippen molar-refractivity contribution in [3.63, 3.8) is 0 Å². The molecular formula is C17H32N2O2. The first-order valence-electron chi connectivity index (χ1n) is 8.65. The van der Waals surface area contributed by atoms with Crippen molar-refractivity contribution in [2.24, 2.45) is 11.3 Å². The Morgan fingerprint density at radius 1 is 1.29 bits per heavy atom. The SMILES string of the molecule is CCCN(C(=O)C1CCNCC1)C1CC(OCC)C1(C)C. The molecule has 2 atom stereocenters. The molecule has 0 bridgehead atoms. The topological polar surface area (TPSA) is 41.6 Å². The molecule has 2 rings (SSSR count). The molecule has 0 spiro atoms. The van der Waals surface area contributed by atoms with Gasteiger partial charge in [-0.2, -0.15) is 0 Å². The summed E-state index contributed by atoms with van der Waals surface area (Å²) in [4.78, 5) is 15.1. The molecule has 0 aromatic heterocycles. The van der Waals surface area contributed by atoms with Crippen molar-refractivity contribution < 1.29 is 9.53 Å². The Morgan fingerprint density at radius 2 is 1.95 bits per heavy atom. The molecule has 4 nitrogen and oxygen atoms in total. The predicted octanol–water partition coefficient (Wildman–Crippen LogP) is 2.43. The fraction of sp³-hybridized carbons (Fsp3) is 0.941. The van der Waals surface area contributed by atoms with Gasteiger partial charge in [0.1, 0.15) is 0 Å². The molecule has 4 heteroatoms. The molecule has 0 radical (unpaired) electrons. The zero-order valence-corrected chi connectivity index (χ0v) is 14.2. The predicted molar refractivity (Wildman–Crippen MR) is 85.2 cm³/mol. The number of ether oxygens (including phenoxy) is 1. The van der Waals surface area contributed by atoms with Gasteiger partial charge in [-0.25, -0.2) is 0 Å². The number of carbonyl (C=O) groups is 1. The maximum atomic E-state index is 12.9. The highest BCUT2D eigenvalue weighted by molar-refractivity contribution is 5.79. The first kappa shape index (κ1) is 16.8. The number of carbonyl (C=O) groups excluding carboxylic acids is 1. The molecule has 0 aromatic rings. The maximum absolute atomic E-state index is 12.9. The summed E-state index contributed by atoms with van der Waals surface area (Å²) >= 11 is 0. The molecule has 1 N–H and O–H groups in total. The van der Waals surface area contributed by atoms with E-state index in [1.165, 1.54) is 0 Å². The van der Waals surface area contributed by atoms with Crippen LogP contribution in [0.1, 0.15) is 53.4 Å². The number of rotatable bonds is 6. The average Bonchev–Trinajstić information content (AvgIpc) is 2.49. The number of nitrogens with one attached hydrogen (secondary N) is 1. The summed E-state index contributed by atoms with van der Waals surface area (Å²) in [6, 6.07) is 0.344. The summed E-state index contributed by atoms with van der Waals surface area (Å²) in [6.07, 6.45) is 4.30. The fourth-order valence-electron chi connectivity index (χ4n) is 3.84.